The van der Waals surface area contributed by atoms with Crippen molar-refractivity contribution in [3.05, 3.63) is 34.2 Å². The minimum Gasteiger partial charge on any atom is -0.338 e. The Bertz CT molecular complexity index is 493. The summed E-state index contributed by atoms with van der Waals surface area (Å²) in [6.45, 7) is 4.83. The van der Waals surface area contributed by atoms with Crippen LogP contribution in [0.3, 0.4) is 0 Å². The van der Waals surface area contributed by atoms with Crippen LogP contribution in [0.5, 0.6) is 0 Å². The fourth-order valence-electron chi connectivity index (χ4n) is 2.49. The van der Waals surface area contributed by atoms with Crippen LogP contribution >= 0.6 is 0 Å². The molecule has 2 rings (SSSR count). The maximum Gasteiger partial charge on any atom is 0.253 e. The SMILES string of the molecule is Cc1cccn(CC(=O)N2CCCC[C@@H]2C)c1=O. The Hall–Kier alpha value is -1.58. The molecular formula is C14H20N2O2. The van der Waals surface area contributed by atoms with Crippen molar-refractivity contribution in [3.63, 3.8) is 0 Å². The van der Waals surface area contributed by atoms with Crippen molar-refractivity contribution < 1.29 is 4.79 Å². The molecule has 4 nitrogen and oxygen atoms in total. The largest absolute Gasteiger partial charge is 0.338 e. The van der Waals surface area contributed by atoms with Gasteiger partial charge in [0.05, 0.1) is 0 Å². The van der Waals surface area contributed by atoms with Gasteiger partial charge < -0.3 is 9.47 Å². The number of carbonyl (C=O) groups excluding carboxylic acids is 1. The maximum atomic E-state index is 12.2. The molecule has 1 atom stereocenters. The number of nitrogens with zero attached hydrogens (tertiary/aromatic N) is 2. The number of aryl methyl sites for hydroxylation is 1. The minimum absolute atomic E-state index is 0.0508. The van der Waals surface area contributed by atoms with Crippen molar-refractivity contribution >= 4 is 5.91 Å². The molecule has 0 saturated carbocycles. The highest BCUT2D eigenvalue weighted by Gasteiger charge is 2.23. The molecule has 0 N–H and O–H groups in total. The van der Waals surface area contributed by atoms with E-state index in [0.29, 0.717) is 11.6 Å². The van der Waals surface area contributed by atoms with Gasteiger partial charge in [-0.2, -0.15) is 0 Å². The second-order valence-corrected chi connectivity index (χ2v) is 5.06. The van der Waals surface area contributed by atoms with Crippen molar-refractivity contribution in [2.45, 2.75) is 45.7 Å². The van der Waals surface area contributed by atoms with Gasteiger partial charge in [0.25, 0.3) is 5.56 Å². The predicted molar refractivity (Wildman–Crippen MR) is 70.5 cm³/mol. The Morgan fingerprint density at radius 2 is 2.22 bits per heavy atom. The number of pyridine rings is 1. The van der Waals surface area contributed by atoms with Gasteiger partial charge in [0, 0.05) is 24.3 Å². The van der Waals surface area contributed by atoms with Gasteiger partial charge in [0.1, 0.15) is 6.54 Å². The zero-order valence-corrected chi connectivity index (χ0v) is 11.1. The molecule has 0 aliphatic carbocycles. The summed E-state index contributed by atoms with van der Waals surface area (Å²) in [5.41, 5.74) is 0.604. The monoisotopic (exact) mass is 248 g/mol. The van der Waals surface area contributed by atoms with E-state index in [1.807, 2.05) is 11.0 Å². The lowest BCUT2D eigenvalue weighted by molar-refractivity contribution is -0.135. The Morgan fingerprint density at radius 1 is 1.44 bits per heavy atom. The fourth-order valence-corrected chi connectivity index (χ4v) is 2.49. The van der Waals surface area contributed by atoms with Crippen LogP contribution in [0.4, 0.5) is 0 Å². The van der Waals surface area contributed by atoms with Crippen LogP contribution in [0.25, 0.3) is 0 Å². The first-order valence-corrected chi connectivity index (χ1v) is 6.55. The lowest BCUT2D eigenvalue weighted by Gasteiger charge is -2.33. The predicted octanol–water partition coefficient (Wildman–Crippen LogP) is 1.56. The average Bonchev–Trinajstić information content (AvgIpc) is 2.35. The first-order valence-electron chi connectivity index (χ1n) is 6.55. The van der Waals surface area contributed by atoms with Crippen LogP contribution in [-0.4, -0.2) is 28.0 Å². The van der Waals surface area contributed by atoms with Gasteiger partial charge in [-0.3, -0.25) is 9.59 Å². The first-order chi connectivity index (χ1) is 8.59. The molecule has 1 fully saturated rings. The summed E-state index contributed by atoms with van der Waals surface area (Å²) < 4.78 is 1.50. The van der Waals surface area contributed by atoms with E-state index < -0.39 is 0 Å². The van der Waals surface area contributed by atoms with Gasteiger partial charge in [0.15, 0.2) is 0 Å². The van der Waals surface area contributed by atoms with E-state index in [1.165, 1.54) is 11.0 Å². The summed E-state index contributed by atoms with van der Waals surface area (Å²) in [5.74, 6) is 0.0508. The third-order valence-corrected chi connectivity index (χ3v) is 3.64. The quantitative estimate of drug-likeness (QED) is 0.797. The Balaban J connectivity index is 2.11. The highest BCUT2D eigenvalue weighted by Crippen LogP contribution is 2.16. The molecule has 4 heteroatoms. The smallest absolute Gasteiger partial charge is 0.253 e. The molecule has 1 amide bonds. The average molecular weight is 248 g/mol. The molecule has 1 aliphatic heterocycles. The van der Waals surface area contributed by atoms with Crippen molar-refractivity contribution in [2.75, 3.05) is 6.54 Å². The Labute approximate surface area is 107 Å². The summed E-state index contributed by atoms with van der Waals surface area (Å²) in [6, 6.07) is 3.88. The van der Waals surface area contributed by atoms with E-state index in [9.17, 15) is 9.59 Å². The fraction of sp³-hybridized carbons (Fsp3) is 0.571. The van der Waals surface area contributed by atoms with Crippen LogP contribution in [-0.2, 0) is 11.3 Å². The van der Waals surface area contributed by atoms with E-state index >= 15 is 0 Å². The van der Waals surface area contributed by atoms with E-state index in [-0.39, 0.29) is 18.0 Å². The van der Waals surface area contributed by atoms with Crippen LogP contribution < -0.4 is 5.56 Å². The minimum atomic E-state index is -0.0736. The molecule has 1 saturated heterocycles. The third-order valence-electron chi connectivity index (χ3n) is 3.64. The zero-order chi connectivity index (χ0) is 13.1. The summed E-state index contributed by atoms with van der Waals surface area (Å²) in [7, 11) is 0. The zero-order valence-electron chi connectivity index (χ0n) is 11.1. The molecule has 0 aromatic carbocycles. The summed E-state index contributed by atoms with van der Waals surface area (Å²) >= 11 is 0. The van der Waals surface area contributed by atoms with Crippen molar-refractivity contribution in [3.8, 4) is 0 Å². The van der Waals surface area contributed by atoms with E-state index in [0.717, 1.165) is 19.4 Å². The second-order valence-electron chi connectivity index (χ2n) is 5.06. The number of likely N-dealkylation sites (tertiary alicyclic amines) is 1. The summed E-state index contributed by atoms with van der Waals surface area (Å²) in [5, 5.41) is 0. The summed E-state index contributed by atoms with van der Waals surface area (Å²) in [4.78, 5) is 26.0. The first kappa shape index (κ1) is 12.9. The van der Waals surface area contributed by atoms with Gasteiger partial charge in [-0.1, -0.05) is 6.07 Å². The topological polar surface area (TPSA) is 42.3 Å². The number of hydrogen-bond donors (Lipinski definition) is 0. The van der Waals surface area contributed by atoms with Crippen LogP contribution in [0.1, 0.15) is 31.7 Å². The molecule has 1 aromatic heterocycles. The molecule has 0 spiro atoms. The Kier molecular flexibility index (Phi) is 3.84. The number of hydrogen-bond acceptors (Lipinski definition) is 2. The number of amides is 1. The number of aromatic nitrogens is 1. The maximum absolute atomic E-state index is 12.2. The molecule has 1 aliphatic rings. The number of carbonyl (C=O) groups is 1. The van der Waals surface area contributed by atoms with Crippen LogP contribution in [0, 0.1) is 6.92 Å². The number of rotatable bonds is 2. The summed E-state index contributed by atoms with van der Waals surface area (Å²) in [6.07, 6.45) is 5.00. The molecule has 0 unspecified atom stereocenters. The van der Waals surface area contributed by atoms with Gasteiger partial charge in [-0.25, -0.2) is 0 Å². The lowest BCUT2D eigenvalue weighted by Crippen LogP contribution is -2.44. The van der Waals surface area contributed by atoms with Crippen molar-refractivity contribution in [1.82, 2.24) is 9.47 Å². The van der Waals surface area contributed by atoms with E-state index in [4.69, 9.17) is 0 Å². The third kappa shape index (κ3) is 2.63. The molecule has 98 valence electrons. The lowest BCUT2D eigenvalue weighted by atomic mass is 10.0. The Morgan fingerprint density at radius 3 is 2.94 bits per heavy atom. The molecule has 1 aromatic rings. The van der Waals surface area contributed by atoms with Gasteiger partial charge in [0.2, 0.25) is 5.91 Å². The molecule has 0 radical (unpaired) electrons. The molecular weight excluding hydrogens is 228 g/mol. The van der Waals surface area contributed by atoms with Crippen molar-refractivity contribution in [2.24, 2.45) is 0 Å². The van der Waals surface area contributed by atoms with Gasteiger partial charge >= 0.3 is 0 Å². The van der Waals surface area contributed by atoms with Gasteiger partial charge in [-0.15, -0.1) is 0 Å². The number of piperidine rings is 1. The van der Waals surface area contributed by atoms with Crippen LogP contribution in [0.15, 0.2) is 23.1 Å². The standard InChI is InChI=1S/C14H20N2O2/c1-11-6-5-8-15(14(11)18)10-13(17)16-9-4-3-7-12(16)2/h5-6,8,12H,3-4,7,9-10H2,1-2H3/t12-/m0/s1. The normalized spacial score (nSPS) is 19.9. The van der Waals surface area contributed by atoms with E-state index in [2.05, 4.69) is 6.92 Å². The highest BCUT2D eigenvalue weighted by molar-refractivity contribution is 5.76. The second kappa shape index (κ2) is 5.38. The molecule has 18 heavy (non-hydrogen) atoms. The van der Waals surface area contributed by atoms with Gasteiger partial charge in [-0.05, 0) is 39.2 Å². The molecule has 0 bridgehead atoms. The van der Waals surface area contributed by atoms with E-state index in [1.54, 1.807) is 19.2 Å². The van der Waals surface area contributed by atoms with Crippen LogP contribution in [0.2, 0.25) is 0 Å². The van der Waals surface area contributed by atoms with Crippen molar-refractivity contribution in [1.29, 1.82) is 0 Å². The highest BCUT2D eigenvalue weighted by atomic mass is 16.2. The molecule has 2 heterocycles.